The van der Waals surface area contributed by atoms with E-state index in [2.05, 4.69) is 77.1 Å². The van der Waals surface area contributed by atoms with Crippen molar-refractivity contribution in [1.82, 2.24) is 15.6 Å². The molecule has 0 amide bonds. The van der Waals surface area contributed by atoms with E-state index in [-0.39, 0.29) is 6.10 Å². The van der Waals surface area contributed by atoms with Crippen LogP contribution in [0.5, 0.6) is 5.75 Å². The third-order valence-electron chi connectivity index (χ3n) is 5.76. The summed E-state index contributed by atoms with van der Waals surface area (Å²) in [5.41, 5.74) is 6.12. The van der Waals surface area contributed by atoms with E-state index in [1.807, 2.05) is 0 Å². The number of ether oxygens (including phenoxy) is 2. The van der Waals surface area contributed by atoms with Crippen molar-refractivity contribution in [3.8, 4) is 5.75 Å². The molecule has 3 N–H and O–H groups in total. The molecule has 0 radical (unpaired) electrons. The highest BCUT2D eigenvalue weighted by atomic mass is 16.5. The minimum absolute atomic E-state index is 0.137. The molecule has 164 valence electrons. The summed E-state index contributed by atoms with van der Waals surface area (Å²) >= 11 is 0. The molecule has 2 aromatic carbocycles. The smallest absolute Gasteiger partial charge is 0.191 e. The molecule has 1 atom stereocenters. The zero-order chi connectivity index (χ0) is 21.6. The monoisotopic (exact) mass is 420 g/mol. The lowest BCUT2D eigenvalue weighted by atomic mass is 10.1. The molecule has 1 aliphatic heterocycles. The second-order valence-electron chi connectivity index (χ2n) is 8.13. The Morgan fingerprint density at radius 2 is 2.10 bits per heavy atom. The summed E-state index contributed by atoms with van der Waals surface area (Å²) in [5.74, 6) is 1.71. The Labute approximate surface area is 184 Å². The van der Waals surface area contributed by atoms with E-state index in [0.717, 1.165) is 43.3 Å². The van der Waals surface area contributed by atoms with Crippen molar-refractivity contribution in [3.05, 3.63) is 64.8 Å². The first-order valence-electron chi connectivity index (χ1n) is 11.0. The Kier molecular flexibility index (Phi) is 6.77. The van der Waals surface area contributed by atoms with Crippen molar-refractivity contribution in [1.29, 1.82) is 0 Å². The number of fused-ring (bicyclic) bond motifs is 1. The zero-order valence-corrected chi connectivity index (χ0v) is 18.6. The van der Waals surface area contributed by atoms with Gasteiger partial charge in [-0.15, -0.1) is 0 Å². The van der Waals surface area contributed by atoms with E-state index in [1.165, 1.54) is 27.6 Å². The van der Waals surface area contributed by atoms with Gasteiger partial charge in [-0.3, -0.25) is 4.99 Å². The number of nitrogens with one attached hydrogen (secondary N) is 3. The van der Waals surface area contributed by atoms with E-state index in [9.17, 15) is 0 Å². The summed E-state index contributed by atoms with van der Waals surface area (Å²) in [6.45, 7) is 7.13. The van der Waals surface area contributed by atoms with Crippen LogP contribution in [0, 0.1) is 13.8 Å². The van der Waals surface area contributed by atoms with Crippen LogP contribution in [0.25, 0.3) is 10.9 Å². The molecule has 2 heterocycles. The summed E-state index contributed by atoms with van der Waals surface area (Å²) in [6.07, 6.45) is 4.11. The predicted molar refractivity (Wildman–Crippen MR) is 126 cm³/mol. The van der Waals surface area contributed by atoms with Crippen LogP contribution in [-0.4, -0.2) is 43.9 Å². The highest BCUT2D eigenvalue weighted by molar-refractivity contribution is 5.86. The number of aryl methyl sites for hydroxylation is 2. The van der Waals surface area contributed by atoms with E-state index < -0.39 is 0 Å². The number of hydrogen-bond donors (Lipinski definition) is 3. The number of nitrogens with zero attached hydrogens (tertiary/aromatic N) is 1. The maximum atomic E-state index is 6.21. The second-order valence-corrected chi connectivity index (χ2v) is 8.13. The molecule has 0 aliphatic carbocycles. The van der Waals surface area contributed by atoms with Crippen LogP contribution in [0.15, 0.2) is 47.6 Å². The average molecular weight is 421 g/mol. The standard InChI is InChI=1S/C25H32N4O2/c1-17-7-8-19(23(13-17)31-21-10-12-30-16-21)14-29-25(26-3)27-11-9-20-15-28-22-6-4-5-18(2)24(20)22/h4-8,13,15,21,28H,9-12,14,16H2,1-3H3,(H2,26,27,29). The molecule has 0 saturated carbocycles. The Bertz CT molecular complexity index is 1050. The minimum atomic E-state index is 0.137. The Balaban J connectivity index is 1.33. The van der Waals surface area contributed by atoms with Gasteiger partial charge in [0.15, 0.2) is 5.96 Å². The number of benzene rings is 2. The summed E-state index contributed by atoms with van der Waals surface area (Å²) in [7, 11) is 1.80. The highest BCUT2D eigenvalue weighted by Crippen LogP contribution is 2.24. The number of aromatic amines is 1. The number of guanidine groups is 1. The van der Waals surface area contributed by atoms with Crippen molar-refractivity contribution in [2.24, 2.45) is 4.99 Å². The van der Waals surface area contributed by atoms with Gasteiger partial charge in [0.05, 0.1) is 13.2 Å². The lowest BCUT2D eigenvalue weighted by Crippen LogP contribution is -2.38. The van der Waals surface area contributed by atoms with Crippen LogP contribution in [0.4, 0.5) is 0 Å². The van der Waals surface area contributed by atoms with Gasteiger partial charge in [0.2, 0.25) is 0 Å². The van der Waals surface area contributed by atoms with Crippen LogP contribution < -0.4 is 15.4 Å². The summed E-state index contributed by atoms with van der Waals surface area (Å²) < 4.78 is 11.7. The molecule has 6 nitrogen and oxygen atoms in total. The van der Waals surface area contributed by atoms with Crippen molar-refractivity contribution in [2.45, 2.75) is 39.3 Å². The molecule has 31 heavy (non-hydrogen) atoms. The second kappa shape index (κ2) is 9.88. The fraction of sp³-hybridized carbons (Fsp3) is 0.400. The van der Waals surface area contributed by atoms with Crippen LogP contribution in [0.1, 0.15) is 28.7 Å². The van der Waals surface area contributed by atoms with E-state index >= 15 is 0 Å². The van der Waals surface area contributed by atoms with Gasteiger partial charge >= 0.3 is 0 Å². The largest absolute Gasteiger partial charge is 0.488 e. The molecular formula is C25H32N4O2. The molecular weight excluding hydrogens is 388 g/mol. The van der Waals surface area contributed by atoms with Crippen LogP contribution >= 0.6 is 0 Å². The molecule has 0 spiro atoms. The van der Waals surface area contributed by atoms with Crippen molar-refractivity contribution in [2.75, 3.05) is 26.8 Å². The van der Waals surface area contributed by atoms with Gasteiger partial charge in [-0.25, -0.2) is 0 Å². The molecule has 4 rings (SSSR count). The Morgan fingerprint density at radius 3 is 2.90 bits per heavy atom. The highest BCUT2D eigenvalue weighted by Gasteiger charge is 2.18. The van der Waals surface area contributed by atoms with Crippen LogP contribution in [0.3, 0.4) is 0 Å². The molecule has 1 saturated heterocycles. The number of aliphatic imine (C=N–C) groups is 1. The fourth-order valence-electron chi connectivity index (χ4n) is 4.07. The van der Waals surface area contributed by atoms with Gasteiger partial charge in [-0.2, -0.15) is 0 Å². The van der Waals surface area contributed by atoms with Gasteiger partial charge in [-0.1, -0.05) is 24.3 Å². The molecule has 1 aliphatic rings. The summed E-state index contributed by atoms with van der Waals surface area (Å²) in [5, 5.41) is 8.17. The first kappa shape index (κ1) is 21.2. The average Bonchev–Trinajstić information content (AvgIpc) is 3.42. The molecule has 1 aromatic heterocycles. The van der Waals surface area contributed by atoms with Crippen LogP contribution in [-0.2, 0) is 17.7 Å². The lowest BCUT2D eigenvalue weighted by molar-refractivity contribution is 0.140. The van der Waals surface area contributed by atoms with Gasteiger partial charge in [-0.05, 0) is 49.1 Å². The molecule has 6 heteroatoms. The quantitative estimate of drug-likeness (QED) is 0.401. The molecule has 1 fully saturated rings. The van der Waals surface area contributed by atoms with Crippen LogP contribution in [0.2, 0.25) is 0 Å². The van der Waals surface area contributed by atoms with E-state index in [1.54, 1.807) is 7.05 Å². The normalized spacial score (nSPS) is 16.6. The Hall–Kier alpha value is -2.99. The van der Waals surface area contributed by atoms with Gasteiger partial charge in [0.25, 0.3) is 0 Å². The zero-order valence-electron chi connectivity index (χ0n) is 18.6. The van der Waals surface area contributed by atoms with Gasteiger partial charge < -0.3 is 25.1 Å². The van der Waals surface area contributed by atoms with Crippen molar-refractivity contribution < 1.29 is 9.47 Å². The van der Waals surface area contributed by atoms with Crippen molar-refractivity contribution >= 4 is 16.9 Å². The fourth-order valence-corrected chi connectivity index (χ4v) is 4.07. The third kappa shape index (κ3) is 5.20. The first-order chi connectivity index (χ1) is 15.1. The lowest BCUT2D eigenvalue weighted by Gasteiger charge is -2.18. The predicted octanol–water partition coefficient (Wildman–Crippen LogP) is 3.86. The van der Waals surface area contributed by atoms with Crippen molar-refractivity contribution in [3.63, 3.8) is 0 Å². The first-order valence-corrected chi connectivity index (χ1v) is 11.0. The Morgan fingerprint density at radius 1 is 1.19 bits per heavy atom. The maximum absolute atomic E-state index is 6.21. The SMILES string of the molecule is CN=C(NCCc1c[nH]c2cccc(C)c12)NCc1ccc(C)cc1OC1CCOC1. The molecule has 0 bridgehead atoms. The number of aromatic nitrogens is 1. The summed E-state index contributed by atoms with van der Waals surface area (Å²) in [6, 6.07) is 12.7. The summed E-state index contributed by atoms with van der Waals surface area (Å²) in [4.78, 5) is 7.75. The topological polar surface area (TPSA) is 70.7 Å². The minimum Gasteiger partial charge on any atom is -0.488 e. The van der Waals surface area contributed by atoms with E-state index in [4.69, 9.17) is 9.47 Å². The molecule has 3 aromatic rings. The molecule has 1 unspecified atom stereocenters. The van der Waals surface area contributed by atoms with E-state index in [0.29, 0.717) is 13.2 Å². The maximum Gasteiger partial charge on any atom is 0.191 e. The van der Waals surface area contributed by atoms with Gasteiger partial charge in [0, 0.05) is 49.2 Å². The number of hydrogen-bond acceptors (Lipinski definition) is 3. The number of rotatable bonds is 7. The third-order valence-corrected chi connectivity index (χ3v) is 5.76. The van der Waals surface area contributed by atoms with Gasteiger partial charge in [0.1, 0.15) is 11.9 Å². The number of H-pyrrole nitrogens is 1.